The largest absolute Gasteiger partial charge is 0.340 e. The molecule has 1 heterocycles. The van der Waals surface area contributed by atoms with Crippen LogP contribution in [0, 0.1) is 16.2 Å². The fourth-order valence-electron chi connectivity index (χ4n) is 3.08. The predicted octanol–water partition coefficient (Wildman–Crippen LogP) is 3.25. The lowest BCUT2D eigenvalue weighted by atomic mass is 9.60. The number of hydrogen-bond acceptors (Lipinski definition) is 2. The topological polar surface area (TPSA) is 23.6 Å². The minimum absolute atomic E-state index is 0.0271. The summed E-state index contributed by atoms with van der Waals surface area (Å²) in [6.45, 7) is 19.2. The van der Waals surface area contributed by atoms with E-state index in [0.717, 1.165) is 32.6 Å². The second kappa shape index (κ2) is 5.67. The Bertz CT molecular complexity index is 343. The standard InChI is InChI=1S/C17H34N2O/c1-15(2,3)13-17(7,16(4,5)6)14(20)19-11-9-18(8)10-12-19/h9-13H2,1-8H3. The third-order valence-electron chi connectivity index (χ3n) is 4.80. The molecule has 3 heteroatoms. The second-order valence-corrected chi connectivity index (χ2v) is 8.92. The molecule has 1 aliphatic rings. The lowest BCUT2D eigenvalue weighted by molar-refractivity contribution is -0.152. The SMILES string of the molecule is CN1CCN(C(=O)C(C)(CC(C)(C)C)C(C)(C)C)CC1. The van der Waals surface area contributed by atoms with Gasteiger partial charge in [0.1, 0.15) is 0 Å². The van der Waals surface area contributed by atoms with Crippen LogP contribution in [0.4, 0.5) is 0 Å². The summed E-state index contributed by atoms with van der Waals surface area (Å²) in [5.41, 5.74) is -0.174. The highest BCUT2D eigenvalue weighted by Gasteiger charge is 2.48. The maximum Gasteiger partial charge on any atom is 0.229 e. The van der Waals surface area contributed by atoms with Crippen molar-refractivity contribution in [1.29, 1.82) is 0 Å². The summed E-state index contributed by atoms with van der Waals surface area (Å²) in [5.74, 6) is 0.341. The van der Waals surface area contributed by atoms with Crippen molar-refractivity contribution in [3.63, 3.8) is 0 Å². The Hall–Kier alpha value is -0.570. The normalized spacial score (nSPS) is 21.7. The predicted molar refractivity (Wildman–Crippen MR) is 85.7 cm³/mol. The Labute approximate surface area is 125 Å². The number of piperazine rings is 1. The van der Waals surface area contributed by atoms with Gasteiger partial charge in [0.25, 0.3) is 0 Å². The average molecular weight is 282 g/mol. The molecule has 1 aliphatic heterocycles. The van der Waals surface area contributed by atoms with Crippen molar-refractivity contribution >= 4 is 5.91 Å². The Morgan fingerprint density at radius 2 is 1.35 bits per heavy atom. The summed E-state index contributed by atoms with van der Waals surface area (Å²) < 4.78 is 0. The van der Waals surface area contributed by atoms with Crippen LogP contribution in [-0.4, -0.2) is 48.9 Å². The maximum atomic E-state index is 13.2. The van der Waals surface area contributed by atoms with E-state index in [1.807, 2.05) is 0 Å². The van der Waals surface area contributed by atoms with Crippen LogP contribution in [-0.2, 0) is 4.79 Å². The van der Waals surface area contributed by atoms with Gasteiger partial charge in [-0.25, -0.2) is 0 Å². The van der Waals surface area contributed by atoms with Crippen LogP contribution >= 0.6 is 0 Å². The van der Waals surface area contributed by atoms with Gasteiger partial charge in [0.05, 0.1) is 5.41 Å². The van der Waals surface area contributed by atoms with Gasteiger partial charge in [0.15, 0.2) is 0 Å². The summed E-state index contributed by atoms with van der Waals surface area (Å²) in [4.78, 5) is 17.5. The molecular formula is C17H34N2O. The highest BCUT2D eigenvalue weighted by Crippen LogP contribution is 2.47. The molecular weight excluding hydrogens is 248 g/mol. The first kappa shape index (κ1) is 17.5. The summed E-state index contributed by atoms with van der Waals surface area (Å²) >= 11 is 0. The Balaban J connectivity index is 2.97. The van der Waals surface area contributed by atoms with Gasteiger partial charge in [-0.15, -0.1) is 0 Å². The molecule has 3 nitrogen and oxygen atoms in total. The molecule has 0 radical (unpaired) electrons. The molecule has 0 aromatic carbocycles. The smallest absolute Gasteiger partial charge is 0.229 e. The molecule has 1 saturated heterocycles. The van der Waals surface area contributed by atoms with Crippen molar-refractivity contribution in [1.82, 2.24) is 9.80 Å². The quantitative estimate of drug-likeness (QED) is 0.776. The van der Waals surface area contributed by atoms with E-state index in [2.05, 4.69) is 65.3 Å². The van der Waals surface area contributed by atoms with Crippen molar-refractivity contribution < 1.29 is 4.79 Å². The van der Waals surface area contributed by atoms with E-state index in [9.17, 15) is 4.79 Å². The molecule has 0 bridgehead atoms. The number of carbonyl (C=O) groups is 1. The van der Waals surface area contributed by atoms with E-state index in [4.69, 9.17) is 0 Å². The van der Waals surface area contributed by atoms with E-state index < -0.39 is 0 Å². The monoisotopic (exact) mass is 282 g/mol. The Morgan fingerprint density at radius 3 is 1.70 bits per heavy atom. The van der Waals surface area contributed by atoms with Crippen LogP contribution in [0.3, 0.4) is 0 Å². The van der Waals surface area contributed by atoms with Crippen LogP contribution in [0.5, 0.6) is 0 Å². The lowest BCUT2D eigenvalue weighted by Crippen LogP contribution is -2.55. The van der Waals surface area contributed by atoms with Crippen molar-refractivity contribution in [2.24, 2.45) is 16.2 Å². The van der Waals surface area contributed by atoms with Gasteiger partial charge in [0, 0.05) is 26.2 Å². The van der Waals surface area contributed by atoms with E-state index in [1.54, 1.807) is 0 Å². The van der Waals surface area contributed by atoms with Crippen molar-refractivity contribution in [3.8, 4) is 0 Å². The van der Waals surface area contributed by atoms with Gasteiger partial charge in [-0.1, -0.05) is 48.5 Å². The summed E-state index contributed by atoms with van der Waals surface area (Å²) in [5, 5.41) is 0. The van der Waals surface area contributed by atoms with E-state index in [-0.39, 0.29) is 16.2 Å². The fraction of sp³-hybridized carbons (Fsp3) is 0.941. The van der Waals surface area contributed by atoms with Gasteiger partial charge in [-0.05, 0) is 24.3 Å². The van der Waals surface area contributed by atoms with Gasteiger partial charge in [-0.3, -0.25) is 4.79 Å². The summed E-state index contributed by atoms with van der Waals surface area (Å²) in [7, 11) is 2.12. The first-order chi connectivity index (χ1) is 8.87. The van der Waals surface area contributed by atoms with Crippen LogP contribution in [0.15, 0.2) is 0 Å². The van der Waals surface area contributed by atoms with Crippen LogP contribution in [0.25, 0.3) is 0 Å². The van der Waals surface area contributed by atoms with Crippen molar-refractivity contribution in [3.05, 3.63) is 0 Å². The van der Waals surface area contributed by atoms with Gasteiger partial charge in [-0.2, -0.15) is 0 Å². The van der Waals surface area contributed by atoms with E-state index >= 15 is 0 Å². The molecule has 0 spiro atoms. The highest BCUT2D eigenvalue weighted by molar-refractivity contribution is 5.83. The number of rotatable bonds is 2. The second-order valence-electron chi connectivity index (χ2n) is 8.92. The van der Waals surface area contributed by atoms with Crippen molar-refractivity contribution in [2.45, 2.75) is 54.9 Å². The van der Waals surface area contributed by atoms with Crippen molar-refractivity contribution in [2.75, 3.05) is 33.2 Å². The molecule has 20 heavy (non-hydrogen) atoms. The van der Waals surface area contributed by atoms with E-state index in [0.29, 0.717) is 5.91 Å². The number of amides is 1. The number of likely N-dealkylation sites (N-methyl/N-ethyl adjacent to an activating group) is 1. The molecule has 1 unspecified atom stereocenters. The number of hydrogen-bond donors (Lipinski definition) is 0. The molecule has 0 aliphatic carbocycles. The lowest BCUT2D eigenvalue weighted by Gasteiger charge is -2.48. The third-order valence-corrected chi connectivity index (χ3v) is 4.80. The molecule has 1 rings (SSSR count). The summed E-state index contributed by atoms with van der Waals surface area (Å²) in [6, 6.07) is 0. The Kier molecular flexibility index (Phi) is 4.95. The van der Waals surface area contributed by atoms with Gasteiger partial charge < -0.3 is 9.80 Å². The molecule has 1 atom stereocenters. The minimum Gasteiger partial charge on any atom is -0.340 e. The molecule has 1 fully saturated rings. The van der Waals surface area contributed by atoms with Gasteiger partial charge >= 0.3 is 0 Å². The van der Waals surface area contributed by atoms with Crippen LogP contribution in [0.1, 0.15) is 54.9 Å². The average Bonchev–Trinajstić information content (AvgIpc) is 2.25. The molecule has 0 aromatic rings. The Morgan fingerprint density at radius 1 is 0.900 bits per heavy atom. The molecule has 0 N–H and O–H groups in total. The molecule has 0 saturated carbocycles. The highest BCUT2D eigenvalue weighted by atomic mass is 16.2. The first-order valence-electron chi connectivity index (χ1n) is 7.85. The zero-order valence-corrected chi connectivity index (χ0v) is 14.8. The molecule has 1 amide bonds. The molecule has 0 aromatic heterocycles. The van der Waals surface area contributed by atoms with Gasteiger partial charge in [0.2, 0.25) is 5.91 Å². The summed E-state index contributed by atoms with van der Waals surface area (Å²) in [6.07, 6.45) is 0.925. The van der Waals surface area contributed by atoms with Crippen LogP contribution in [0.2, 0.25) is 0 Å². The number of carbonyl (C=O) groups excluding carboxylic acids is 1. The van der Waals surface area contributed by atoms with E-state index in [1.165, 1.54) is 0 Å². The fourth-order valence-corrected chi connectivity index (χ4v) is 3.08. The number of nitrogens with zero attached hydrogens (tertiary/aromatic N) is 2. The molecule has 118 valence electrons. The zero-order valence-electron chi connectivity index (χ0n) is 14.8. The minimum atomic E-state index is -0.304. The zero-order chi connectivity index (χ0) is 15.8. The van der Waals surface area contributed by atoms with Crippen LogP contribution < -0.4 is 0 Å². The first-order valence-corrected chi connectivity index (χ1v) is 7.85. The maximum absolute atomic E-state index is 13.2. The third kappa shape index (κ3) is 3.97.